The lowest BCUT2D eigenvalue weighted by atomic mass is 9.88. The molecule has 3 nitrogen and oxygen atoms in total. The second-order valence-corrected chi connectivity index (χ2v) is 4.94. The maximum Gasteiger partial charge on any atom is 0.115 e. The normalized spacial score (nSPS) is 25.3. The van der Waals surface area contributed by atoms with E-state index in [1.165, 1.54) is 5.57 Å². The van der Waals surface area contributed by atoms with Crippen molar-refractivity contribution in [1.29, 1.82) is 0 Å². The second kappa shape index (κ2) is 8.08. The van der Waals surface area contributed by atoms with Crippen LogP contribution in [0.1, 0.15) is 19.8 Å². The molecule has 20 heavy (non-hydrogen) atoms. The summed E-state index contributed by atoms with van der Waals surface area (Å²) in [5.41, 5.74) is 1.38. The number of allylic oxidation sites excluding steroid dienone is 5. The van der Waals surface area contributed by atoms with E-state index < -0.39 is 0 Å². The van der Waals surface area contributed by atoms with Crippen LogP contribution in [-0.4, -0.2) is 33.0 Å². The van der Waals surface area contributed by atoms with Gasteiger partial charge in [-0.25, -0.2) is 0 Å². The Hall–Kier alpha value is -1.32. The highest BCUT2D eigenvalue weighted by Crippen LogP contribution is 2.28. The highest BCUT2D eigenvalue weighted by molar-refractivity contribution is 5.34. The van der Waals surface area contributed by atoms with Crippen LogP contribution in [0, 0.1) is 5.92 Å². The van der Waals surface area contributed by atoms with Crippen molar-refractivity contribution < 1.29 is 14.2 Å². The average Bonchev–Trinajstić information content (AvgIpc) is 2.49. The van der Waals surface area contributed by atoms with E-state index in [4.69, 9.17) is 14.2 Å². The van der Waals surface area contributed by atoms with Gasteiger partial charge in [0, 0.05) is 19.6 Å². The maximum atomic E-state index is 5.60. The molecule has 0 aliphatic heterocycles. The van der Waals surface area contributed by atoms with Crippen LogP contribution in [0.5, 0.6) is 0 Å². The van der Waals surface area contributed by atoms with Crippen LogP contribution >= 0.6 is 0 Å². The van der Waals surface area contributed by atoms with E-state index >= 15 is 0 Å². The van der Waals surface area contributed by atoms with Crippen molar-refractivity contribution in [1.82, 2.24) is 0 Å². The molecule has 3 heteroatoms. The molecule has 0 aromatic rings. The van der Waals surface area contributed by atoms with E-state index in [9.17, 15) is 0 Å². The number of hydrogen-bond acceptors (Lipinski definition) is 3. The fourth-order valence-corrected chi connectivity index (χ4v) is 2.43. The van der Waals surface area contributed by atoms with Crippen molar-refractivity contribution in [3.05, 3.63) is 47.8 Å². The van der Waals surface area contributed by atoms with Crippen molar-refractivity contribution in [3.63, 3.8) is 0 Å². The third kappa shape index (κ3) is 4.36. The van der Waals surface area contributed by atoms with Gasteiger partial charge in [0.15, 0.2) is 0 Å². The van der Waals surface area contributed by atoms with E-state index in [-0.39, 0.29) is 6.10 Å². The maximum absolute atomic E-state index is 5.60. The summed E-state index contributed by atoms with van der Waals surface area (Å²) in [5, 5.41) is 0. The van der Waals surface area contributed by atoms with E-state index in [0.29, 0.717) is 19.1 Å². The number of rotatable bonds is 7. The lowest BCUT2D eigenvalue weighted by molar-refractivity contribution is 0.0973. The molecule has 2 aliphatic carbocycles. The van der Waals surface area contributed by atoms with Crippen molar-refractivity contribution in [2.24, 2.45) is 5.92 Å². The smallest absolute Gasteiger partial charge is 0.115 e. The minimum Gasteiger partial charge on any atom is -0.492 e. The fourth-order valence-electron chi connectivity index (χ4n) is 2.43. The fraction of sp³-hybridized carbons (Fsp3) is 0.529. The van der Waals surface area contributed by atoms with Gasteiger partial charge in [-0.2, -0.15) is 0 Å². The lowest BCUT2D eigenvalue weighted by Crippen LogP contribution is -2.14. The van der Waals surface area contributed by atoms with Crippen LogP contribution in [0.25, 0.3) is 0 Å². The van der Waals surface area contributed by atoms with E-state index in [1.807, 2.05) is 6.92 Å². The lowest BCUT2D eigenvalue weighted by Gasteiger charge is -2.22. The van der Waals surface area contributed by atoms with Gasteiger partial charge in [-0.1, -0.05) is 24.3 Å². The van der Waals surface area contributed by atoms with Crippen molar-refractivity contribution >= 4 is 0 Å². The topological polar surface area (TPSA) is 27.7 Å². The molecule has 0 spiro atoms. The van der Waals surface area contributed by atoms with Gasteiger partial charge < -0.3 is 14.2 Å². The molecule has 2 aliphatic rings. The Balaban J connectivity index is 1.80. The highest BCUT2D eigenvalue weighted by atomic mass is 16.5. The standard InChI is InChI=1S/C17H24O3/c1-3-19-16-8-4-14(5-9-16)15-6-10-17(11-7-15)20-13-12-18-2/h4-6,8,10-11,15-16H,3,7,9,12-13H2,1-2H3. The van der Waals surface area contributed by atoms with Gasteiger partial charge in [0.1, 0.15) is 12.4 Å². The molecule has 110 valence electrons. The SMILES string of the molecule is CCOC1C=CC(C2C=CC(OCCOC)=CC2)=CC1. The first-order chi connectivity index (χ1) is 9.83. The summed E-state index contributed by atoms with van der Waals surface area (Å²) >= 11 is 0. The van der Waals surface area contributed by atoms with Crippen LogP contribution in [0.15, 0.2) is 47.8 Å². The molecule has 0 aromatic heterocycles. The molecule has 2 unspecified atom stereocenters. The third-order valence-corrected chi connectivity index (χ3v) is 3.52. The van der Waals surface area contributed by atoms with E-state index in [1.54, 1.807) is 7.11 Å². The van der Waals surface area contributed by atoms with Crippen molar-refractivity contribution in [2.75, 3.05) is 26.9 Å². The molecular weight excluding hydrogens is 252 g/mol. The Bertz CT molecular complexity index is 418. The van der Waals surface area contributed by atoms with Gasteiger partial charge in [-0.3, -0.25) is 0 Å². The number of ether oxygens (including phenoxy) is 3. The van der Waals surface area contributed by atoms with Crippen molar-refractivity contribution in [3.8, 4) is 0 Å². The molecule has 0 bridgehead atoms. The minimum absolute atomic E-state index is 0.250. The number of methoxy groups -OCH3 is 1. The Morgan fingerprint density at radius 2 is 2.00 bits per heavy atom. The molecule has 0 amide bonds. The minimum atomic E-state index is 0.250. The molecule has 0 aromatic carbocycles. The Morgan fingerprint density at radius 3 is 2.60 bits per heavy atom. The average molecular weight is 276 g/mol. The third-order valence-electron chi connectivity index (χ3n) is 3.52. The zero-order valence-corrected chi connectivity index (χ0v) is 12.4. The second-order valence-electron chi connectivity index (χ2n) is 4.94. The van der Waals surface area contributed by atoms with E-state index in [0.717, 1.165) is 25.2 Å². The van der Waals surface area contributed by atoms with Crippen molar-refractivity contribution in [2.45, 2.75) is 25.9 Å². The zero-order valence-electron chi connectivity index (χ0n) is 12.4. The van der Waals surface area contributed by atoms with Gasteiger partial charge in [0.2, 0.25) is 0 Å². The van der Waals surface area contributed by atoms with Crippen LogP contribution < -0.4 is 0 Å². The summed E-state index contributed by atoms with van der Waals surface area (Å²) in [6.45, 7) is 4.04. The molecule has 0 heterocycles. The molecule has 2 rings (SSSR count). The van der Waals surface area contributed by atoms with Gasteiger partial charge in [-0.15, -0.1) is 0 Å². The summed E-state index contributed by atoms with van der Waals surface area (Å²) in [6.07, 6.45) is 15.3. The molecule has 0 fully saturated rings. The zero-order chi connectivity index (χ0) is 14.2. The first kappa shape index (κ1) is 15.1. The van der Waals surface area contributed by atoms with Gasteiger partial charge in [0.05, 0.1) is 12.7 Å². The van der Waals surface area contributed by atoms with Crippen LogP contribution in [-0.2, 0) is 14.2 Å². The molecular formula is C17H24O3. The molecule has 2 atom stereocenters. The predicted molar refractivity (Wildman–Crippen MR) is 80.4 cm³/mol. The summed E-state index contributed by atoms with van der Waals surface area (Å²) in [6, 6.07) is 0. The van der Waals surface area contributed by atoms with Gasteiger partial charge >= 0.3 is 0 Å². The summed E-state index contributed by atoms with van der Waals surface area (Å²) < 4.78 is 16.2. The highest BCUT2D eigenvalue weighted by Gasteiger charge is 2.16. The predicted octanol–water partition coefficient (Wildman–Crippen LogP) is 3.40. The Labute approximate surface area is 121 Å². The quantitative estimate of drug-likeness (QED) is 0.667. The first-order valence-corrected chi connectivity index (χ1v) is 7.33. The van der Waals surface area contributed by atoms with Crippen LogP contribution in [0.3, 0.4) is 0 Å². The molecule has 0 N–H and O–H groups in total. The summed E-state index contributed by atoms with van der Waals surface area (Å²) in [5.74, 6) is 1.41. The van der Waals surface area contributed by atoms with Crippen LogP contribution in [0.4, 0.5) is 0 Å². The molecule has 0 saturated heterocycles. The summed E-state index contributed by atoms with van der Waals surface area (Å²) in [4.78, 5) is 0. The van der Waals surface area contributed by atoms with Crippen LogP contribution in [0.2, 0.25) is 0 Å². The van der Waals surface area contributed by atoms with Gasteiger partial charge in [0.25, 0.3) is 0 Å². The largest absolute Gasteiger partial charge is 0.492 e. The van der Waals surface area contributed by atoms with E-state index in [2.05, 4.69) is 36.5 Å². The van der Waals surface area contributed by atoms with Gasteiger partial charge in [-0.05, 0) is 37.5 Å². The first-order valence-electron chi connectivity index (χ1n) is 7.33. The monoisotopic (exact) mass is 276 g/mol. The Kier molecular flexibility index (Phi) is 6.09. The molecule has 0 radical (unpaired) electrons. The molecule has 0 saturated carbocycles. The summed E-state index contributed by atoms with van der Waals surface area (Å²) in [7, 11) is 1.68. The number of hydrogen-bond donors (Lipinski definition) is 0. The Morgan fingerprint density at radius 1 is 1.10 bits per heavy atom.